The third-order valence-electron chi connectivity index (χ3n) is 3.94. The highest BCUT2D eigenvalue weighted by molar-refractivity contribution is 5.84. The van der Waals surface area contributed by atoms with E-state index in [1.807, 2.05) is 0 Å². The largest absolute Gasteiger partial charge is 0.475 e. The number of aliphatic carboxylic acids is 1. The highest BCUT2D eigenvalue weighted by Crippen LogP contribution is 2.27. The molecule has 0 aromatic heterocycles. The monoisotopic (exact) mass is 379 g/mol. The number of carbonyl (C=O) groups is 2. The molecule has 1 saturated heterocycles. The molecule has 12 heteroatoms. The molecule has 0 aromatic rings. The van der Waals surface area contributed by atoms with E-state index in [1.165, 1.54) is 0 Å². The minimum absolute atomic E-state index is 0.585. The quantitative estimate of drug-likeness (QED) is 0.246. The normalized spacial score (nSPS) is 40.3. The van der Waals surface area contributed by atoms with E-state index in [0.29, 0.717) is 0 Å². The van der Waals surface area contributed by atoms with Crippen LogP contribution < -0.4 is 5.32 Å². The smallest absolute Gasteiger partial charge is 0.371 e. The number of aliphatic hydroxyl groups is 5. The minimum atomic E-state index is -1.72. The maximum atomic E-state index is 11.2. The molecule has 2 rings (SSSR count). The number of hydrogen-bond donors (Lipinski definition) is 7. The van der Waals surface area contributed by atoms with Gasteiger partial charge < -0.3 is 50.2 Å². The van der Waals surface area contributed by atoms with Gasteiger partial charge in [0.15, 0.2) is 6.29 Å². The van der Waals surface area contributed by atoms with Crippen LogP contribution in [0.4, 0.5) is 0 Å². The molecule has 12 nitrogen and oxygen atoms in total. The summed E-state index contributed by atoms with van der Waals surface area (Å²) in [6, 6.07) is -1.32. The lowest BCUT2D eigenvalue weighted by molar-refractivity contribution is -0.306. The zero-order valence-corrected chi connectivity index (χ0v) is 13.6. The van der Waals surface area contributed by atoms with Gasteiger partial charge in [-0.15, -0.1) is 0 Å². The lowest BCUT2D eigenvalue weighted by atomic mass is 9.96. The van der Waals surface area contributed by atoms with Gasteiger partial charge in [0.05, 0.1) is 6.61 Å². The zero-order valence-electron chi connectivity index (χ0n) is 13.6. The summed E-state index contributed by atoms with van der Waals surface area (Å²) in [5.74, 6) is -2.79. The molecule has 1 fully saturated rings. The van der Waals surface area contributed by atoms with Crippen molar-refractivity contribution in [1.29, 1.82) is 0 Å². The fourth-order valence-corrected chi connectivity index (χ4v) is 2.67. The van der Waals surface area contributed by atoms with Gasteiger partial charge in [0.2, 0.25) is 18.0 Å². The highest BCUT2D eigenvalue weighted by Gasteiger charge is 2.48. The van der Waals surface area contributed by atoms with Gasteiger partial charge >= 0.3 is 5.97 Å². The van der Waals surface area contributed by atoms with E-state index >= 15 is 0 Å². The number of ether oxygens (including phenoxy) is 3. The van der Waals surface area contributed by atoms with Crippen molar-refractivity contribution < 1.29 is 54.4 Å². The van der Waals surface area contributed by atoms with Gasteiger partial charge in [0.25, 0.3) is 0 Å². The highest BCUT2D eigenvalue weighted by atomic mass is 16.7. The molecule has 0 aliphatic carbocycles. The number of aliphatic hydroxyl groups excluding tert-OH is 5. The number of nitrogens with one attached hydrogen (secondary N) is 1. The Labute approximate surface area is 147 Å². The first-order valence-electron chi connectivity index (χ1n) is 7.68. The molecule has 0 saturated carbocycles. The van der Waals surface area contributed by atoms with Crippen LogP contribution in [-0.4, -0.2) is 98.3 Å². The Balaban J connectivity index is 2.19. The molecule has 1 amide bonds. The van der Waals surface area contributed by atoms with Crippen LogP contribution in [0.25, 0.3) is 0 Å². The average molecular weight is 379 g/mol. The summed E-state index contributed by atoms with van der Waals surface area (Å²) in [5, 5.41) is 60.5. The van der Waals surface area contributed by atoms with Crippen LogP contribution in [0, 0.1) is 0 Å². The lowest BCUT2D eigenvalue weighted by Gasteiger charge is -2.44. The third kappa shape index (κ3) is 4.29. The van der Waals surface area contributed by atoms with E-state index in [4.69, 9.17) is 19.3 Å². The van der Waals surface area contributed by atoms with Crippen molar-refractivity contribution in [3.63, 3.8) is 0 Å². The molecule has 2 unspecified atom stereocenters. The van der Waals surface area contributed by atoms with Crippen LogP contribution in [0.5, 0.6) is 0 Å². The van der Waals surface area contributed by atoms with Crippen LogP contribution >= 0.6 is 0 Å². The first kappa shape index (κ1) is 20.5. The molecule has 8 atom stereocenters. The molecule has 0 radical (unpaired) electrons. The van der Waals surface area contributed by atoms with Crippen LogP contribution in [0.2, 0.25) is 0 Å². The summed E-state index contributed by atoms with van der Waals surface area (Å²) in [6.07, 6.45) is -10.2. The van der Waals surface area contributed by atoms with Crippen molar-refractivity contribution >= 4 is 11.9 Å². The molecule has 7 N–H and O–H groups in total. The Hall–Kier alpha value is -1.80. The SMILES string of the molecule is CC(=O)N[C@H]1[C@@H](O)O[C@H](CO)C(O[C@@H]2OC(C(=O)O)=C[C@H](O)C2O)[C@@H]1O. The summed E-state index contributed by atoms with van der Waals surface area (Å²) in [6.45, 7) is 0.431. The van der Waals surface area contributed by atoms with Gasteiger partial charge in [-0.1, -0.05) is 0 Å². The number of hydrogen-bond acceptors (Lipinski definition) is 10. The second kappa shape index (κ2) is 8.26. The van der Waals surface area contributed by atoms with E-state index in [-0.39, 0.29) is 0 Å². The number of carboxylic acids is 1. The maximum Gasteiger partial charge on any atom is 0.371 e. The first-order chi connectivity index (χ1) is 12.1. The van der Waals surface area contributed by atoms with Crippen molar-refractivity contribution in [3.8, 4) is 0 Å². The molecule has 2 aliphatic heterocycles. The number of amides is 1. The summed E-state index contributed by atoms with van der Waals surface area (Å²) in [5.41, 5.74) is 0. The van der Waals surface area contributed by atoms with Crippen LogP contribution in [0.15, 0.2) is 11.8 Å². The van der Waals surface area contributed by atoms with Gasteiger partial charge in [-0.05, 0) is 6.08 Å². The van der Waals surface area contributed by atoms with E-state index in [1.54, 1.807) is 0 Å². The molecule has 0 aromatic carbocycles. The summed E-state index contributed by atoms with van der Waals surface area (Å²) in [7, 11) is 0. The van der Waals surface area contributed by atoms with Crippen molar-refractivity contribution in [2.45, 2.75) is 56.1 Å². The molecule has 0 spiro atoms. The van der Waals surface area contributed by atoms with Crippen molar-refractivity contribution in [2.75, 3.05) is 6.61 Å². The van der Waals surface area contributed by atoms with Crippen molar-refractivity contribution in [3.05, 3.63) is 11.8 Å². The standard InChI is InChI=1S/C14H21NO11/c1-4(17)15-8-10(20)11(7(3-16)24-13(8)23)26-14-9(19)5(18)2-6(25-14)12(21)22/h2,5,7-11,13-14,16,18-20,23H,3H2,1H3,(H,15,17)(H,21,22)/t5-,7+,8+,9?,10+,11?,13-,14-/m0/s1. The zero-order chi connectivity index (χ0) is 19.6. The summed E-state index contributed by atoms with van der Waals surface area (Å²) < 4.78 is 15.4. The second-order valence-electron chi connectivity index (χ2n) is 5.87. The Kier molecular flexibility index (Phi) is 6.52. The van der Waals surface area contributed by atoms with E-state index < -0.39 is 73.4 Å². The summed E-state index contributed by atoms with van der Waals surface area (Å²) >= 11 is 0. The minimum Gasteiger partial charge on any atom is -0.475 e. The molecule has 148 valence electrons. The molecule has 2 heterocycles. The summed E-state index contributed by atoms with van der Waals surface area (Å²) in [4.78, 5) is 22.2. The van der Waals surface area contributed by atoms with Gasteiger partial charge in [-0.25, -0.2) is 4.79 Å². The van der Waals surface area contributed by atoms with Gasteiger partial charge in [0.1, 0.15) is 36.6 Å². The van der Waals surface area contributed by atoms with Gasteiger partial charge in [-0.3, -0.25) is 4.79 Å². The van der Waals surface area contributed by atoms with Crippen LogP contribution in [0.1, 0.15) is 6.92 Å². The molecular formula is C14H21NO11. The topological polar surface area (TPSA) is 195 Å². The predicted octanol–water partition coefficient (Wildman–Crippen LogP) is -4.01. The van der Waals surface area contributed by atoms with Gasteiger partial charge in [-0.2, -0.15) is 0 Å². The molecule has 2 aliphatic rings. The maximum absolute atomic E-state index is 11.2. The lowest BCUT2D eigenvalue weighted by Crippen LogP contribution is -2.65. The number of rotatable bonds is 5. The molecular weight excluding hydrogens is 358 g/mol. The van der Waals surface area contributed by atoms with Crippen molar-refractivity contribution in [1.82, 2.24) is 5.32 Å². The Morgan fingerprint density at radius 1 is 1.23 bits per heavy atom. The van der Waals surface area contributed by atoms with E-state index in [0.717, 1.165) is 13.0 Å². The average Bonchev–Trinajstić information content (AvgIpc) is 2.56. The Morgan fingerprint density at radius 3 is 2.42 bits per heavy atom. The number of carboxylic acid groups (broad SMARTS) is 1. The Morgan fingerprint density at radius 2 is 1.88 bits per heavy atom. The van der Waals surface area contributed by atoms with Crippen molar-refractivity contribution in [2.24, 2.45) is 0 Å². The van der Waals surface area contributed by atoms with E-state index in [9.17, 15) is 35.1 Å². The molecule has 26 heavy (non-hydrogen) atoms. The first-order valence-corrected chi connectivity index (χ1v) is 7.68. The fourth-order valence-electron chi connectivity index (χ4n) is 2.67. The van der Waals surface area contributed by atoms with E-state index in [2.05, 4.69) is 5.32 Å². The second-order valence-corrected chi connectivity index (χ2v) is 5.87. The van der Waals surface area contributed by atoms with Crippen LogP contribution in [0.3, 0.4) is 0 Å². The van der Waals surface area contributed by atoms with Gasteiger partial charge in [0, 0.05) is 6.92 Å². The Bertz CT molecular complexity index is 567. The van der Waals surface area contributed by atoms with Crippen LogP contribution in [-0.2, 0) is 23.8 Å². The predicted molar refractivity (Wildman–Crippen MR) is 79.1 cm³/mol. The third-order valence-corrected chi connectivity index (χ3v) is 3.94. The molecule has 0 bridgehead atoms. The number of carbonyl (C=O) groups excluding carboxylic acids is 1. The fraction of sp³-hybridized carbons (Fsp3) is 0.714.